The minimum absolute atomic E-state index is 0.0811. The molecule has 0 saturated carbocycles. The van der Waals surface area contributed by atoms with Gasteiger partial charge < -0.3 is 21.1 Å². The zero-order chi connectivity index (χ0) is 22.5. The predicted molar refractivity (Wildman–Crippen MR) is 113 cm³/mol. The molecule has 1 aromatic carbocycles. The van der Waals surface area contributed by atoms with E-state index in [1.807, 2.05) is 6.92 Å². The van der Waals surface area contributed by atoms with Crippen LogP contribution in [0.5, 0.6) is 0 Å². The van der Waals surface area contributed by atoms with E-state index >= 15 is 0 Å². The molecule has 10 heteroatoms. The van der Waals surface area contributed by atoms with E-state index in [1.54, 1.807) is 30.3 Å². The van der Waals surface area contributed by atoms with Crippen molar-refractivity contribution in [1.29, 1.82) is 0 Å². The van der Waals surface area contributed by atoms with E-state index in [-0.39, 0.29) is 24.0 Å². The van der Waals surface area contributed by atoms with E-state index in [0.717, 1.165) is 11.3 Å². The standard InChI is InChI=1S/C21H23N5O5/c1-12-10-15-18(24-12)23-11-26(20(15)29)9-8-13-2-4-14(5-3-13)19(28)25-16(21(30)31)6-7-17(22)27/h2-5,10-11,16,24H,6-9H2,1H3,(H2,22,27)(H,25,28)(H,30,31)/t16-/m0/s1. The molecule has 0 aliphatic rings. The van der Waals surface area contributed by atoms with Gasteiger partial charge in [-0.15, -0.1) is 0 Å². The largest absolute Gasteiger partial charge is 0.480 e. The van der Waals surface area contributed by atoms with Gasteiger partial charge in [-0.25, -0.2) is 9.78 Å². The van der Waals surface area contributed by atoms with E-state index < -0.39 is 23.8 Å². The van der Waals surface area contributed by atoms with Crippen LogP contribution in [0.15, 0.2) is 41.5 Å². The van der Waals surface area contributed by atoms with Crippen LogP contribution in [0.4, 0.5) is 0 Å². The lowest BCUT2D eigenvalue weighted by molar-refractivity contribution is -0.139. The first-order chi connectivity index (χ1) is 14.7. The molecule has 3 rings (SSSR count). The summed E-state index contributed by atoms with van der Waals surface area (Å²) in [5.74, 6) is -2.43. The first-order valence-electron chi connectivity index (χ1n) is 9.70. The van der Waals surface area contributed by atoms with Crippen LogP contribution in [0.1, 0.15) is 34.5 Å². The first kappa shape index (κ1) is 21.8. The Morgan fingerprint density at radius 1 is 1.26 bits per heavy atom. The molecule has 2 heterocycles. The SMILES string of the molecule is Cc1cc2c(=O)n(CCc3ccc(C(=O)N[C@@H](CCC(N)=O)C(=O)O)cc3)cnc2[nH]1. The molecule has 0 aliphatic heterocycles. The van der Waals surface area contributed by atoms with Crippen molar-refractivity contribution in [3.8, 4) is 0 Å². The number of carbonyl (C=O) groups is 3. The lowest BCUT2D eigenvalue weighted by Gasteiger charge is -2.14. The lowest BCUT2D eigenvalue weighted by atomic mass is 10.1. The fourth-order valence-electron chi connectivity index (χ4n) is 3.19. The Balaban J connectivity index is 1.62. The van der Waals surface area contributed by atoms with Crippen molar-refractivity contribution >= 4 is 28.8 Å². The molecule has 10 nitrogen and oxygen atoms in total. The van der Waals surface area contributed by atoms with Crippen molar-refractivity contribution in [2.24, 2.45) is 5.73 Å². The third-order valence-electron chi connectivity index (χ3n) is 4.89. The number of amides is 2. The Kier molecular flexibility index (Phi) is 6.49. The monoisotopic (exact) mass is 425 g/mol. The number of aryl methyl sites for hydroxylation is 3. The number of H-pyrrole nitrogens is 1. The fraction of sp³-hybridized carbons (Fsp3) is 0.286. The number of nitrogens with zero attached hydrogens (tertiary/aromatic N) is 2. The summed E-state index contributed by atoms with van der Waals surface area (Å²) in [6, 6.07) is 7.21. The van der Waals surface area contributed by atoms with Crippen LogP contribution in [0.3, 0.4) is 0 Å². The van der Waals surface area contributed by atoms with Gasteiger partial charge in [-0.2, -0.15) is 0 Å². The normalized spacial score (nSPS) is 11.9. The van der Waals surface area contributed by atoms with Crippen LogP contribution in [0, 0.1) is 6.92 Å². The molecule has 3 aromatic rings. The Bertz CT molecular complexity index is 1180. The molecule has 1 atom stereocenters. The first-order valence-corrected chi connectivity index (χ1v) is 9.70. The number of aromatic amines is 1. The molecular weight excluding hydrogens is 402 g/mol. The smallest absolute Gasteiger partial charge is 0.326 e. The van der Waals surface area contributed by atoms with Gasteiger partial charge in [0.25, 0.3) is 11.5 Å². The number of carbonyl (C=O) groups excluding carboxylic acids is 2. The van der Waals surface area contributed by atoms with Crippen LogP contribution < -0.4 is 16.6 Å². The van der Waals surface area contributed by atoms with Crippen molar-refractivity contribution in [3.05, 3.63) is 63.8 Å². The number of rotatable bonds is 9. The van der Waals surface area contributed by atoms with Crippen LogP contribution in [0.2, 0.25) is 0 Å². The zero-order valence-corrected chi connectivity index (χ0v) is 16.9. The van der Waals surface area contributed by atoms with E-state index in [1.165, 1.54) is 10.9 Å². The van der Waals surface area contributed by atoms with Gasteiger partial charge in [0.15, 0.2) is 0 Å². The number of nitrogens with one attached hydrogen (secondary N) is 2. The molecule has 0 bridgehead atoms. The minimum Gasteiger partial charge on any atom is -0.480 e. The Labute approximate surface area is 177 Å². The highest BCUT2D eigenvalue weighted by molar-refractivity contribution is 5.96. The number of carboxylic acid groups (broad SMARTS) is 1. The second-order valence-corrected chi connectivity index (χ2v) is 7.27. The van der Waals surface area contributed by atoms with Crippen molar-refractivity contribution in [3.63, 3.8) is 0 Å². The average Bonchev–Trinajstić information content (AvgIpc) is 3.11. The highest BCUT2D eigenvalue weighted by atomic mass is 16.4. The van der Waals surface area contributed by atoms with Crippen molar-refractivity contribution in [2.75, 3.05) is 0 Å². The quantitative estimate of drug-likeness (QED) is 0.395. The van der Waals surface area contributed by atoms with Crippen molar-refractivity contribution in [1.82, 2.24) is 19.9 Å². The molecule has 31 heavy (non-hydrogen) atoms. The maximum atomic E-state index is 12.5. The van der Waals surface area contributed by atoms with Crippen LogP contribution in [-0.2, 0) is 22.6 Å². The molecule has 0 spiro atoms. The summed E-state index contributed by atoms with van der Waals surface area (Å²) in [7, 11) is 0. The maximum absolute atomic E-state index is 12.5. The van der Waals surface area contributed by atoms with Gasteiger partial charge in [-0.05, 0) is 43.5 Å². The van der Waals surface area contributed by atoms with Gasteiger partial charge in [0.1, 0.15) is 11.7 Å². The van der Waals surface area contributed by atoms with Gasteiger partial charge in [0.2, 0.25) is 5.91 Å². The van der Waals surface area contributed by atoms with E-state index in [0.29, 0.717) is 24.0 Å². The molecule has 0 aliphatic carbocycles. The number of aliphatic carboxylic acids is 1. The summed E-state index contributed by atoms with van der Waals surface area (Å²) in [5.41, 5.74) is 7.53. The summed E-state index contributed by atoms with van der Waals surface area (Å²) in [6.45, 7) is 2.28. The predicted octanol–water partition coefficient (Wildman–Crippen LogP) is 0.724. The number of aromatic nitrogens is 3. The van der Waals surface area contributed by atoms with Crippen molar-refractivity contribution < 1.29 is 19.5 Å². The number of nitrogens with two attached hydrogens (primary N) is 1. The molecule has 2 aromatic heterocycles. The van der Waals surface area contributed by atoms with Crippen molar-refractivity contribution in [2.45, 2.75) is 38.8 Å². The van der Waals surface area contributed by atoms with Crippen LogP contribution >= 0.6 is 0 Å². The Morgan fingerprint density at radius 3 is 2.61 bits per heavy atom. The molecule has 0 saturated heterocycles. The molecule has 162 valence electrons. The summed E-state index contributed by atoms with van der Waals surface area (Å²) in [4.78, 5) is 54.3. The molecule has 2 amide bonds. The van der Waals surface area contributed by atoms with Crippen LogP contribution in [-0.4, -0.2) is 43.5 Å². The van der Waals surface area contributed by atoms with Gasteiger partial charge in [-0.3, -0.25) is 19.0 Å². The molecule has 0 radical (unpaired) electrons. The third kappa shape index (κ3) is 5.35. The maximum Gasteiger partial charge on any atom is 0.326 e. The number of benzene rings is 1. The van der Waals surface area contributed by atoms with E-state index in [2.05, 4.69) is 15.3 Å². The second kappa shape index (κ2) is 9.24. The molecular formula is C21H23N5O5. The van der Waals surface area contributed by atoms with Gasteiger partial charge in [0.05, 0.1) is 11.7 Å². The topological polar surface area (TPSA) is 160 Å². The van der Waals surface area contributed by atoms with Gasteiger partial charge >= 0.3 is 5.97 Å². The number of hydrogen-bond donors (Lipinski definition) is 4. The molecule has 0 unspecified atom stereocenters. The van der Waals surface area contributed by atoms with Gasteiger partial charge in [0, 0.05) is 24.2 Å². The molecule has 0 fully saturated rings. The third-order valence-corrected chi connectivity index (χ3v) is 4.89. The molecule has 5 N–H and O–H groups in total. The van der Waals surface area contributed by atoms with E-state index in [4.69, 9.17) is 5.73 Å². The van der Waals surface area contributed by atoms with E-state index in [9.17, 15) is 24.3 Å². The summed E-state index contributed by atoms with van der Waals surface area (Å²) >= 11 is 0. The zero-order valence-electron chi connectivity index (χ0n) is 16.9. The summed E-state index contributed by atoms with van der Waals surface area (Å²) < 4.78 is 1.53. The van der Waals surface area contributed by atoms with Crippen LogP contribution in [0.25, 0.3) is 11.0 Å². The Hall–Kier alpha value is -3.95. The lowest BCUT2D eigenvalue weighted by Crippen LogP contribution is -2.41. The highest BCUT2D eigenvalue weighted by Crippen LogP contribution is 2.10. The summed E-state index contributed by atoms with van der Waals surface area (Å²) in [6.07, 6.45) is 1.83. The average molecular weight is 425 g/mol. The number of hydrogen-bond acceptors (Lipinski definition) is 5. The number of carboxylic acids is 1. The second-order valence-electron chi connectivity index (χ2n) is 7.27. The fourth-order valence-corrected chi connectivity index (χ4v) is 3.19. The Morgan fingerprint density at radius 2 is 1.97 bits per heavy atom. The number of primary amides is 1. The van der Waals surface area contributed by atoms with Gasteiger partial charge in [-0.1, -0.05) is 12.1 Å². The summed E-state index contributed by atoms with van der Waals surface area (Å²) in [5, 5.41) is 12.1. The minimum atomic E-state index is -1.24. The highest BCUT2D eigenvalue weighted by Gasteiger charge is 2.21. The number of fused-ring (bicyclic) bond motifs is 1.